The molecule has 104 valence electrons. The Balaban J connectivity index is 1.80. The zero-order chi connectivity index (χ0) is 13.9. The van der Waals surface area contributed by atoms with Crippen LogP contribution in [0.4, 0.5) is 0 Å². The monoisotopic (exact) mass is 271 g/mol. The standard InChI is InChI=1S/C14H17N5O/c1-2-18(12-8-15-9-12)14(20)13-10-16-19(17-13)11-6-4-3-5-7-11/h3-7,10,12,15H,2,8-9H2,1H3. The van der Waals surface area contributed by atoms with Crippen LogP contribution < -0.4 is 5.32 Å². The molecule has 0 spiro atoms. The summed E-state index contributed by atoms with van der Waals surface area (Å²) in [6, 6.07) is 9.84. The fourth-order valence-corrected chi connectivity index (χ4v) is 2.26. The van der Waals surface area contributed by atoms with Crippen molar-refractivity contribution in [2.45, 2.75) is 13.0 Å². The second kappa shape index (κ2) is 5.42. The van der Waals surface area contributed by atoms with Gasteiger partial charge in [-0.1, -0.05) is 18.2 Å². The quantitative estimate of drug-likeness (QED) is 0.889. The molecule has 1 aliphatic rings. The lowest BCUT2D eigenvalue weighted by molar-refractivity contribution is 0.0623. The van der Waals surface area contributed by atoms with Crippen LogP contribution >= 0.6 is 0 Å². The molecule has 1 aliphatic heterocycles. The van der Waals surface area contributed by atoms with E-state index in [1.165, 1.54) is 11.0 Å². The van der Waals surface area contributed by atoms with Crippen molar-refractivity contribution in [1.29, 1.82) is 0 Å². The maximum atomic E-state index is 12.4. The molecule has 6 heteroatoms. The summed E-state index contributed by atoms with van der Waals surface area (Å²) in [5.74, 6) is -0.0545. The Bertz CT molecular complexity index is 591. The molecule has 1 fully saturated rings. The Hall–Kier alpha value is -2.21. The third-order valence-electron chi connectivity index (χ3n) is 3.50. The van der Waals surface area contributed by atoms with Gasteiger partial charge in [-0.3, -0.25) is 4.79 Å². The first-order chi connectivity index (χ1) is 9.79. The fraction of sp³-hybridized carbons (Fsp3) is 0.357. The number of hydrogen-bond donors (Lipinski definition) is 1. The Morgan fingerprint density at radius 3 is 2.75 bits per heavy atom. The van der Waals surface area contributed by atoms with E-state index >= 15 is 0 Å². The van der Waals surface area contributed by atoms with E-state index in [1.54, 1.807) is 0 Å². The van der Waals surface area contributed by atoms with Crippen LogP contribution in [0.5, 0.6) is 0 Å². The number of amides is 1. The maximum absolute atomic E-state index is 12.4. The van der Waals surface area contributed by atoms with E-state index < -0.39 is 0 Å². The molecule has 0 bridgehead atoms. The first-order valence-electron chi connectivity index (χ1n) is 6.79. The van der Waals surface area contributed by atoms with Gasteiger partial charge in [-0.2, -0.15) is 9.90 Å². The smallest absolute Gasteiger partial charge is 0.276 e. The third kappa shape index (κ3) is 2.30. The van der Waals surface area contributed by atoms with Crippen molar-refractivity contribution in [3.8, 4) is 5.69 Å². The molecule has 0 radical (unpaired) electrons. The summed E-state index contributed by atoms with van der Waals surface area (Å²) >= 11 is 0. The number of rotatable bonds is 4. The second-order valence-corrected chi connectivity index (χ2v) is 4.76. The second-order valence-electron chi connectivity index (χ2n) is 4.76. The SMILES string of the molecule is CCN(C(=O)c1cnn(-c2ccccc2)n1)C1CNC1. The molecule has 1 amide bonds. The predicted molar refractivity (Wildman–Crippen MR) is 74.7 cm³/mol. The molecule has 2 heterocycles. The van der Waals surface area contributed by atoms with Crippen LogP contribution in [0.1, 0.15) is 17.4 Å². The number of nitrogens with one attached hydrogen (secondary N) is 1. The van der Waals surface area contributed by atoms with Crippen molar-refractivity contribution in [2.24, 2.45) is 0 Å². The maximum Gasteiger partial charge on any atom is 0.276 e. The number of para-hydroxylation sites is 1. The van der Waals surface area contributed by atoms with Gasteiger partial charge in [0.2, 0.25) is 0 Å². The van der Waals surface area contributed by atoms with E-state index in [2.05, 4.69) is 15.5 Å². The van der Waals surface area contributed by atoms with E-state index in [0.717, 1.165) is 18.8 Å². The molecule has 20 heavy (non-hydrogen) atoms. The highest BCUT2D eigenvalue weighted by Crippen LogP contribution is 2.10. The van der Waals surface area contributed by atoms with Crippen molar-refractivity contribution in [3.63, 3.8) is 0 Å². The summed E-state index contributed by atoms with van der Waals surface area (Å²) in [5, 5.41) is 11.6. The van der Waals surface area contributed by atoms with Gasteiger partial charge in [0.25, 0.3) is 5.91 Å². The summed E-state index contributed by atoms with van der Waals surface area (Å²) < 4.78 is 0. The molecule has 0 atom stereocenters. The van der Waals surface area contributed by atoms with E-state index in [0.29, 0.717) is 12.2 Å². The highest BCUT2D eigenvalue weighted by molar-refractivity contribution is 5.92. The van der Waals surface area contributed by atoms with Crippen molar-refractivity contribution >= 4 is 5.91 Å². The Kier molecular flexibility index (Phi) is 3.47. The molecule has 0 unspecified atom stereocenters. The van der Waals surface area contributed by atoms with E-state index in [9.17, 15) is 4.79 Å². The van der Waals surface area contributed by atoms with E-state index in [-0.39, 0.29) is 11.9 Å². The molecular formula is C14H17N5O. The third-order valence-corrected chi connectivity index (χ3v) is 3.50. The average molecular weight is 271 g/mol. The van der Waals surface area contributed by atoms with Gasteiger partial charge in [-0.05, 0) is 19.1 Å². The highest BCUT2D eigenvalue weighted by atomic mass is 16.2. The zero-order valence-electron chi connectivity index (χ0n) is 11.4. The number of benzene rings is 1. The molecule has 1 N–H and O–H groups in total. The molecule has 0 aliphatic carbocycles. The Morgan fingerprint density at radius 1 is 1.40 bits per heavy atom. The molecule has 0 saturated carbocycles. The number of nitrogens with zero attached hydrogens (tertiary/aromatic N) is 4. The van der Waals surface area contributed by atoms with Crippen LogP contribution in [-0.2, 0) is 0 Å². The van der Waals surface area contributed by atoms with Crippen LogP contribution in [0.25, 0.3) is 5.69 Å². The van der Waals surface area contributed by atoms with E-state index in [1.807, 2.05) is 42.2 Å². The van der Waals surface area contributed by atoms with Crippen molar-refractivity contribution < 1.29 is 4.79 Å². The van der Waals surface area contributed by atoms with Crippen molar-refractivity contribution in [2.75, 3.05) is 19.6 Å². The number of carbonyl (C=O) groups excluding carboxylic acids is 1. The lowest BCUT2D eigenvalue weighted by atomic mass is 10.1. The molecule has 6 nitrogen and oxygen atoms in total. The van der Waals surface area contributed by atoms with Crippen LogP contribution in [0, 0.1) is 0 Å². The van der Waals surface area contributed by atoms with Gasteiger partial charge in [0.1, 0.15) is 0 Å². The Morgan fingerprint density at radius 2 is 2.15 bits per heavy atom. The molecule has 2 aromatic rings. The topological polar surface area (TPSA) is 63.1 Å². The Labute approximate surface area is 117 Å². The number of carbonyl (C=O) groups is 1. The van der Waals surface area contributed by atoms with Crippen LogP contribution in [0.3, 0.4) is 0 Å². The highest BCUT2D eigenvalue weighted by Gasteiger charge is 2.29. The summed E-state index contributed by atoms with van der Waals surface area (Å²) in [6.45, 7) is 4.38. The average Bonchev–Trinajstić information content (AvgIpc) is 2.92. The normalized spacial score (nSPS) is 14.8. The molecular weight excluding hydrogens is 254 g/mol. The van der Waals surface area contributed by atoms with Crippen LogP contribution in [0.2, 0.25) is 0 Å². The number of hydrogen-bond acceptors (Lipinski definition) is 4. The lowest BCUT2D eigenvalue weighted by Crippen LogP contribution is -2.58. The van der Waals surface area contributed by atoms with Gasteiger partial charge in [0.15, 0.2) is 5.69 Å². The van der Waals surface area contributed by atoms with Gasteiger partial charge >= 0.3 is 0 Å². The molecule has 3 rings (SSSR count). The number of aromatic nitrogens is 3. The van der Waals surface area contributed by atoms with Crippen LogP contribution in [0.15, 0.2) is 36.5 Å². The van der Waals surface area contributed by atoms with Crippen molar-refractivity contribution in [1.82, 2.24) is 25.2 Å². The van der Waals surface area contributed by atoms with Gasteiger partial charge < -0.3 is 10.2 Å². The summed E-state index contributed by atoms with van der Waals surface area (Å²) in [5.41, 5.74) is 1.24. The largest absolute Gasteiger partial charge is 0.332 e. The van der Waals surface area contributed by atoms with Gasteiger partial charge in [-0.25, -0.2) is 0 Å². The zero-order valence-corrected chi connectivity index (χ0v) is 11.4. The summed E-state index contributed by atoms with van der Waals surface area (Å²) in [6.07, 6.45) is 1.53. The summed E-state index contributed by atoms with van der Waals surface area (Å²) in [4.78, 5) is 15.8. The minimum Gasteiger partial charge on any atom is -0.332 e. The fourth-order valence-electron chi connectivity index (χ4n) is 2.26. The predicted octanol–water partition coefficient (Wildman–Crippen LogP) is 0.701. The van der Waals surface area contributed by atoms with Crippen LogP contribution in [-0.4, -0.2) is 51.5 Å². The van der Waals surface area contributed by atoms with E-state index in [4.69, 9.17) is 0 Å². The first kappa shape index (κ1) is 12.8. The van der Waals surface area contributed by atoms with Gasteiger partial charge in [-0.15, -0.1) is 5.10 Å². The minimum atomic E-state index is -0.0545. The van der Waals surface area contributed by atoms with Crippen molar-refractivity contribution in [3.05, 3.63) is 42.2 Å². The molecule has 1 aromatic heterocycles. The lowest BCUT2D eigenvalue weighted by Gasteiger charge is -2.37. The van der Waals surface area contributed by atoms with Gasteiger partial charge in [0.05, 0.1) is 17.9 Å². The first-order valence-corrected chi connectivity index (χ1v) is 6.79. The number of likely N-dealkylation sites (N-methyl/N-ethyl adjacent to an activating group) is 1. The minimum absolute atomic E-state index is 0.0545. The molecule has 1 aromatic carbocycles. The molecule has 1 saturated heterocycles. The van der Waals surface area contributed by atoms with Gasteiger partial charge in [0, 0.05) is 19.6 Å². The summed E-state index contributed by atoms with van der Waals surface area (Å²) in [7, 11) is 0.